The van der Waals surface area contributed by atoms with Crippen LogP contribution in [0.5, 0.6) is 0 Å². The number of ether oxygens (including phenoxy) is 1. The van der Waals surface area contributed by atoms with Crippen LogP contribution >= 0.6 is 0 Å². The number of hydrogen-bond acceptors (Lipinski definition) is 4. The molecule has 1 unspecified atom stereocenters. The standard InChI is InChI=1S/C9H17NO5/c1-9(2,3)15-5-10-6(8(13)14)4-7(11)12/h6,10H,4-5H2,1-3H3,(H,11,12)(H,13,14). The Hall–Kier alpha value is -1.14. The molecule has 0 rings (SSSR count). The van der Waals surface area contributed by atoms with Gasteiger partial charge in [-0.05, 0) is 20.8 Å². The third-order valence-electron chi connectivity index (χ3n) is 1.51. The number of rotatable bonds is 6. The van der Waals surface area contributed by atoms with Crippen LogP contribution < -0.4 is 5.32 Å². The molecule has 0 saturated heterocycles. The van der Waals surface area contributed by atoms with E-state index in [0.29, 0.717) is 0 Å². The van der Waals surface area contributed by atoms with Crippen LogP contribution in [-0.2, 0) is 14.3 Å². The van der Waals surface area contributed by atoms with Gasteiger partial charge >= 0.3 is 11.9 Å². The van der Waals surface area contributed by atoms with Crippen molar-refractivity contribution in [3.8, 4) is 0 Å². The van der Waals surface area contributed by atoms with Crippen LogP contribution in [0.3, 0.4) is 0 Å². The minimum Gasteiger partial charge on any atom is -0.481 e. The zero-order valence-corrected chi connectivity index (χ0v) is 9.11. The lowest BCUT2D eigenvalue weighted by Gasteiger charge is -2.21. The Balaban J connectivity index is 3.98. The van der Waals surface area contributed by atoms with E-state index in [1.54, 1.807) is 0 Å². The van der Waals surface area contributed by atoms with Gasteiger partial charge in [-0.1, -0.05) is 0 Å². The van der Waals surface area contributed by atoms with E-state index in [4.69, 9.17) is 14.9 Å². The molecule has 88 valence electrons. The first-order chi connectivity index (χ1) is 6.72. The van der Waals surface area contributed by atoms with Crippen LogP contribution in [0.25, 0.3) is 0 Å². The Morgan fingerprint density at radius 2 is 1.87 bits per heavy atom. The third kappa shape index (κ3) is 7.90. The maximum atomic E-state index is 10.6. The SMILES string of the molecule is CC(C)(C)OCNC(CC(=O)O)C(=O)O. The summed E-state index contributed by atoms with van der Waals surface area (Å²) in [4.78, 5) is 20.9. The van der Waals surface area contributed by atoms with E-state index in [0.717, 1.165) is 0 Å². The summed E-state index contributed by atoms with van der Waals surface area (Å²) < 4.78 is 5.22. The van der Waals surface area contributed by atoms with Crippen LogP contribution in [-0.4, -0.2) is 40.5 Å². The highest BCUT2D eigenvalue weighted by Gasteiger charge is 2.21. The fraction of sp³-hybridized carbons (Fsp3) is 0.778. The maximum Gasteiger partial charge on any atom is 0.321 e. The molecule has 6 heteroatoms. The normalized spacial score (nSPS) is 13.5. The number of hydrogen-bond donors (Lipinski definition) is 3. The number of carboxylic acid groups (broad SMARTS) is 2. The number of carbonyl (C=O) groups is 2. The Morgan fingerprint density at radius 1 is 1.33 bits per heavy atom. The summed E-state index contributed by atoms with van der Waals surface area (Å²) in [6.45, 7) is 5.47. The lowest BCUT2D eigenvalue weighted by molar-refractivity contribution is -0.147. The largest absolute Gasteiger partial charge is 0.481 e. The van der Waals surface area contributed by atoms with Crippen molar-refractivity contribution < 1.29 is 24.5 Å². The number of carboxylic acids is 2. The monoisotopic (exact) mass is 219 g/mol. The van der Waals surface area contributed by atoms with Gasteiger partial charge in [-0.15, -0.1) is 0 Å². The Bertz CT molecular complexity index is 233. The van der Waals surface area contributed by atoms with Gasteiger partial charge < -0.3 is 14.9 Å². The summed E-state index contributed by atoms with van der Waals surface area (Å²) in [7, 11) is 0. The summed E-state index contributed by atoms with van der Waals surface area (Å²) >= 11 is 0. The molecule has 0 aliphatic rings. The predicted octanol–water partition coefficient (Wildman–Crippen LogP) is 0.277. The van der Waals surface area contributed by atoms with Gasteiger partial charge in [0.25, 0.3) is 0 Å². The fourth-order valence-corrected chi connectivity index (χ4v) is 0.780. The first-order valence-corrected chi connectivity index (χ1v) is 4.54. The molecule has 0 radical (unpaired) electrons. The summed E-state index contributed by atoms with van der Waals surface area (Å²) in [5.74, 6) is -2.36. The van der Waals surface area contributed by atoms with Gasteiger partial charge in [0.2, 0.25) is 0 Å². The molecule has 0 amide bonds. The van der Waals surface area contributed by atoms with E-state index < -0.39 is 24.4 Å². The van der Waals surface area contributed by atoms with Crippen LogP contribution in [0.1, 0.15) is 27.2 Å². The first-order valence-electron chi connectivity index (χ1n) is 4.54. The zero-order chi connectivity index (χ0) is 12.1. The Morgan fingerprint density at radius 3 is 2.20 bits per heavy atom. The number of nitrogens with one attached hydrogen (secondary N) is 1. The maximum absolute atomic E-state index is 10.6. The molecule has 0 saturated carbocycles. The van der Waals surface area contributed by atoms with Crippen LogP contribution in [0.2, 0.25) is 0 Å². The average molecular weight is 219 g/mol. The zero-order valence-electron chi connectivity index (χ0n) is 9.11. The topological polar surface area (TPSA) is 95.9 Å². The van der Waals surface area contributed by atoms with Crippen molar-refractivity contribution in [3.63, 3.8) is 0 Å². The lowest BCUT2D eigenvalue weighted by Crippen LogP contribution is -2.41. The van der Waals surface area contributed by atoms with Gasteiger partial charge in [-0.2, -0.15) is 0 Å². The molecule has 0 bridgehead atoms. The first kappa shape index (κ1) is 13.9. The van der Waals surface area contributed by atoms with Crippen molar-refractivity contribution >= 4 is 11.9 Å². The molecule has 0 aromatic heterocycles. The molecule has 0 fully saturated rings. The Labute approximate surface area is 88.2 Å². The molecule has 0 spiro atoms. The van der Waals surface area contributed by atoms with Crippen molar-refractivity contribution in [2.24, 2.45) is 0 Å². The molecule has 0 aliphatic heterocycles. The minimum absolute atomic E-state index is 0.00769. The van der Waals surface area contributed by atoms with Crippen LogP contribution in [0.15, 0.2) is 0 Å². The molecule has 1 atom stereocenters. The molecule has 0 heterocycles. The van der Waals surface area contributed by atoms with E-state index in [9.17, 15) is 9.59 Å². The molecule has 0 aromatic rings. The fourth-order valence-electron chi connectivity index (χ4n) is 0.780. The summed E-state index contributed by atoms with van der Waals surface area (Å²) in [5.41, 5.74) is -0.390. The quantitative estimate of drug-likeness (QED) is 0.555. The molecule has 15 heavy (non-hydrogen) atoms. The van der Waals surface area contributed by atoms with Crippen molar-refractivity contribution in [2.45, 2.75) is 38.8 Å². The summed E-state index contributed by atoms with van der Waals surface area (Å²) in [6, 6.07) is -1.12. The van der Waals surface area contributed by atoms with Crippen molar-refractivity contribution in [3.05, 3.63) is 0 Å². The molecule has 0 aromatic carbocycles. The average Bonchev–Trinajstić information content (AvgIpc) is 1.99. The molecule has 3 N–H and O–H groups in total. The minimum atomic E-state index is -1.20. The number of aliphatic carboxylic acids is 2. The second-order valence-electron chi connectivity index (χ2n) is 4.09. The van der Waals surface area contributed by atoms with E-state index >= 15 is 0 Å². The highest BCUT2D eigenvalue weighted by atomic mass is 16.5. The van der Waals surface area contributed by atoms with Crippen LogP contribution in [0.4, 0.5) is 0 Å². The molecular weight excluding hydrogens is 202 g/mol. The predicted molar refractivity (Wildman–Crippen MR) is 52.5 cm³/mol. The van der Waals surface area contributed by atoms with Gasteiger partial charge in [-0.25, -0.2) is 0 Å². The van der Waals surface area contributed by atoms with Gasteiger partial charge in [-0.3, -0.25) is 14.9 Å². The van der Waals surface area contributed by atoms with Crippen molar-refractivity contribution in [1.82, 2.24) is 5.32 Å². The van der Waals surface area contributed by atoms with E-state index in [1.165, 1.54) is 0 Å². The van der Waals surface area contributed by atoms with E-state index in [2.05, 4.69) is 5.32 Å². The van der Waals surface area contributed by atoms with Gasteiger partial charge in [0.1, 0.15) is 6.04 Å². The van der Waals surface area contributed by atoms with E-state index in [-0.39, 0.29) is 12.3 Å². The van der Waals surface area contributed by atoms with Gasteiger partial charge in [0.05, 0.1) is 18.8 Å². The second-order valence-corrected chi connectivity index (χ2v) is 4.09. The highest BCUT2D eigenvalue weighted by Crippen LogP contribution is 2.05. The Kier molecular flexibility index (Phi) is 5.24. The lowest BCUT2D eigenvalue weighted by atomic mass is 10.2. The van der Waals surface area contributed by atoms with Crippen molar-refractivity contribution in [2.75, 3.05) is 6.73 Å². The third-order valence-corrected chi connectivity index (χ3v) is 1.51. The summed E-state index contributed by atoms with van der Waals surface area (Å²) in [5, 5.41) is 19.6. The molecule has 0 aliphatic carbocycles. The van der Waals surface area contributed by atoms with Crippen molar-refractivity contribution in [1.29, 1.82) is 0 Å². The smallest absolute Gasteiger partial charge is 0.321 e. The highest BCUT2D eigenvalue weighted by molar-refractivity contribution is 5.80. The molecule has 6 nitrogen and oxygen atoms in total. The van der Waals surface area contributed by atoms with E-state index in [1.807, 2.05) is 20.8 Å². The second kappa shape index (κ2) is 5.67. The molecular formula is C9H17NO5. The van der Waals surface area contributed by atoms with Gasteiger partial charge in [0.15, 0.2) is 0 Å². The van der Waals surface area contributed by atoms with Crippen LogP contribution in [0, 0.1) is 0 Å². The van der Waals surface area contributed by atoms with Gasteiger partial charge in [0, 0.05) is 0 Å². The summed E-state index contributed by atoms with van der Waals surface area (Å²) in [6.07, 6.45) is -0.469.